The van der Waals surface area contributed by atoms with Crippen LogP contribution in [0.3, 0.4) is 0 Å². The molecule has 2 rings (SSSR count). The van der Waals surface area contributed by atoms with Gasteiger partial charge in [0.05, 0.1) is 0 Å². The molecule has 0 radical (unpaired) electrons. The first-order valence-electron chi connectivity index (χ1n) is 8.18. The van der Waals surface area contributed by atoms with E-state index in [2.05, 4.69) is 24.1 Å². The summed E-state index contributed by atoms with van der Waals surface area (Å²) in [7, 11) is 2.21. The van der Waals surface area contributed by atoms with Crippen LogP contribution in [0.15, 0.2) is 24.3 Å². The van der Waals surface area contributed by atoms with Crippen molar-refractivity contribution in [2.45, 2.75) is 46.5 Å². The lowest BCUT2D eigenvalue weighted by atomic mass is 9.86. The van der Waals surface area contributed by atoms with Gasteiger partial charge in [-0.2, -0.15) is 0 Å². The molecule has 0 amide bonds. The predicted molar refractivity (Wildman–Crippen MR) is 88.8 cm³/mol. The van der Waals surface area contributed by atoms with Crippen LogP contribution in [0.1, 0.15) is 56.0 Å². The fourth-order valence-corrected chi connectivity index (χ4v) is 2.98. The molecule has 2 heteroatoms. The number of benzene rings is 1. The molecule has 0 aromatic heterocycles. The van der Waals surface area contributed by atoms with Gasteiger partial charge in [-0.15, -0.1) is 0 Å². The van der Waals surface area contributed by atoms with Crippen LogP contribution in [-0.2, 0) is 6.42 Å². The molecule has 2 nitrogen and oxygen atoms in total. The van der Waals surface area contributed by atoms with E-state index in [0.29, 0.717) is 0 Å². The largest absolute Gasteiger partial charge is 0.306 e. The number of aryl methyl sites for hydroxylation is 1. The van der Waals surface area contributed by atoms with Gasteiger partial charge < -0.3 is 4.90 Å². The minimum absolute atomic E-state index is 0.226. The van der Waals surface area contributed by atoms with Crippen LogP contribution in [0.25, 0.3) is 0 Å². The lowest BCUT2D eigenvalue weighted by Gasteiger charge is -2.28. The van der Waals surface area contributed by atoms with E-state index in [4.69, 9.17) is 0 Å². The van der Waals surface area contributed by atoms with E-state index in [0.717, 1.165) is 17.9 Å². The second kappa shape index (κ2) is 6.74. The summed E-state index contributed by atoms with van der Waals surface area (Å²) in [6.45, 7) is 8.41. The highest BCUT2D eigenvalue weighted by atomic mass is 16.1. The van der Waals surface area contributed by atoms with E-state index in [1.807, 2.05) is 32.9 Å². The van der Waals surface area contributed by atoms with Gasteiger partial charge in [0.25, 0.3) is 0 Å². The van der Waals surface area contributed by atoms with Crippen LogP contribution in [0.4, 0.5) is 0 Å². The number of piperidine rings is 1. The zero-order chi connectivity index (χ0) is 15.5. The van der Waals surface area contributed by atoms with E-state index in [1.165, 1.54) is 37.9 Å². The van der Waals surface area contributed by atoms with Crippen molar-refractivity contribution in [1.82, 2.24) is 4.90 Å². The summed E-state index contributed by atoms with van der Waals surface area (Å²) in [4.78, 5) is 14.6. The highest BCUT2D eigenvalue weighted by Crippen LogP contribution is 2.23. The van der Waals surface area contributed by atoms with Crippen molar-refractivity contribution in [2.24, 2.45) is 11.3 Å². The topological polar surface area (TPSA) is 20.3 Å². The minimum Gasteiger partial charge on any atom is -0.306 e. The SMILES string of the molecule is CN1CCC(CCc2ccc(C(=O)C(C)(C)C)cc2)CC1. The third-order valence-electron chi connectivity index (χ3n) is 4.58. The highest BCUT2D eigenvalue weighted by Gasteiger charge is 2.22. The van der Waals surface area contributed by atoms with E-state index >= 15 is 0 Å². The first-order chi connectivity index (χ1) is 9.86. The molecule has 0 spiro atoms. The average Bonchev–Trinajstić information content (AvgIpc) is 2.45. The fraction of sp³-hybridized carbons (Fsp3) is 0.632. The Morgan fingerprint density at radius 3 is 2.24 bits per heavy atom. The summed E-state index contributed by atoms with van der Waals surface area (Å²) in [6.07, 6.45) is 5.08. The minimum atomic E-state index is -0.296. The maximum Gasteiger partial charge on any atom is 0.168 e. The Hall–Kier alpha value is -1.15. The molecule has 0 saturated carbocycles. The molecule has 1 fully saturated rings. The van der Waals surface area contributed by atoms with Crippen LogP contribution in [0, 0.1) is 11.3 Å². The van der Waals surface area contributed by atoms with Gasteiger partial charge in [0.15, 0.2) is 5.78 Å². The Bertz CT molecular complexity index is 461. The summed E-state index contributed by atoms with van der Waals surface area (Å²) >= 11 is 0. The molecule has 1 aromatic carbocycles. The molecule has 1 aromatic rings. The van der Waals surface area contributed by atoms with Crippen molar-refractivity contribution < 1.29 is 4.79 Å². The Labute approximate surface area is 129 Å². The van der Waals surface area contributed by atoms with E-state index in [1.54, 1.807) is 0 Å². The fourth-order valence-electron chi connectivity index (χ4n) is 2.98. The van der Waals surface area contributed by atoms with Gasteiger partial charge in [0, 0.05) is 11.0 Å². The van der Waals surface area contributed by atoms with Crippen molar-refractivity contribution >= 4 is 5.78 Å². The molecule has 0 bridgehead atoms. The van der Waals surface area contributed by atoms with Crippen molar-refractivity contribution in [3.05, 3.63) is 35.4 Å². The Morgan fingerprint density at radius 2 is 1.71 bits per heavy atom. The molecule has 21 heavy (non-hydrogen) atoms. The number of likely N-dealkylation sites (tertiary alicyclic amines) is 1. The maximum absolute atomic E-state index is 12.2. The van der Waals surface area contributed by atoms with Crippen LogP contribution < -0.4 is 0 Å². The summed E-state index contributed by atoms with van der Waals surface area (Å²) < 4.78 is 0. The molecular weight excluding hydrogens is 258 g/mol. The van der Waals surface area contributed by atoms with Gasteiger partial charge in [0.2, 0.25) is 0 Å². The Morgan fingerprint density at radius 1 is 1.14 bits per heavy atom. The number of Topliss-reactive ketones (excluding diaryl/α,β-unsaturated/α-hetero) is 1. The average molecular weight is 287 g/mol. The third kappa shape index (κ3) is 4.67. The number of carbonyl (C=O) groups excluding carboxylic acids is 1. The molecular formula is C19H29NO. The zero-order valence-electron chi connectivity index (χ0n) is 14.0. The van der Waals surface area contributed by atoms with Gasteiger partial charge in [0.1, 0.15) is 0 Å². The second-order valence-electron chi connectivity index (χ2n) is 7.56. The second-order valence-corrected chi connectivity index (χ2v) is 7.56. The molecule has 0 N–H and O–H groups in total. The number of hydrogen-bond donors (Lipinski definition) is 0. The monoisotopic (exact) mass is 287 g/mol. The molecule has 1 heterocycles. The lowest BCUT2D eigenvalue weighted by molar-refractivity contribution is 0.0858. The molecule has 1 aliphatic rings. The van der Waals surface area contributed by atoms with Gasteiger partial charge in [-0.1, -0.05) is 45.0 Å². The maximum atomic E-state index is 12.2. The molecule has 1 aliphatic heterocycles. The Balaban J connectivity index is 1.87. The third-order valence-corrected chi connectivity index (χ3v) is 4.58. The number of carbonyl (C=O) groups is 1. The van der Waals surface area contributed by atoms with Crippen LogP contribution in [0.5, 0.6) is 0 Å². The molecule has 0 atom stereocenters. The number of ketones is 1. The lowest BCUT2D eigenvalue weighted by Crippen LogP contribution is -2.30. The van der Waals surface area contributed by atoms with Crippen LogP contribution in [0.2, 0.25) is 0 Å². The summed E-state index contributed by atoms with van der Waals surface area (Å²) in [6, 6.07) is 8.26. The predicted octanol–water partition coefficient (Wildman–Crippen LogP) is 4.19. The van der Waals surface area contributed by atoms with Crippen molar-refractivity contribution in [3.8, 4) is 0 Å². The van der Waals surface area contributed by atoms with Gasteiger partial charge in [-0.05, 0) is 57.3 Å². The number of hydrogen-bond acceptors (Lipinski definition) is 2. The van der Waals surface area contributed by atoms with Crippen molar-refractivity contribution in [2.75, 3.05) is 20.1 Å². The van der Waals surface area contributed by atoms with Gasteiger partial charge >= 0.3 is 0 Å². The van der Waals surface area contributed by atoms with Crippen molar-refractivity contribution in [1.29, 1.82) is 0 Å². The molecule has 0 aliphatic carbocycles. The smallest absolute Gasteiger partial charge is 0.168 e. The molecule has 0 unspecified atom stereocenters. The van der Waals surface area contributed by atoms with Gasteiger partial charge in [-0.25, -0.2) is 0 Å². The van der Waals surface area contributed by atoms with E-state index in [-0.39, 0.29) is 11.2 Å². The van der Waals surface area contributed by atoms with E-state index < -0.39 is 0 Å². The quantitative estimate of drug-likeness (QED) is 0.774. The van der Waals surface area contributed by atoms with E-state index in [9.17, 15) is 4.79 Å². The van der Waals surface area contributed by atoms with Crippen LogP contribution in [-0.4, -0.2) is 30.8 Å². The van der Waals surface area contributed by atoms with Crippen molar-refractivity contribution in [3.63, 3.8) is 0 Å². The first kappa shape index (κ1) is 16.2. The number of nitrogens with zero attached hydrogens (tertiary/aromatic N) is 1. The highest BCUT2D eigenvalue weighted by molar-refractivity contribution is 5.99. The van der Waals surface area contributed by atoms with Gasteiger partial charge in [-0.3, -0.25) is 4.79 Å². The zero-order valence-corrected chi connectivity index (χ0v) is 14.0. The van der Waals surface area contributed by atoms with Crippen LogP contribution >= 0.6 is 0 Å². The standard InChI is InChI=1S/C19H29NO/c1-19(2,3)18(21)17-9-7-15(8-10-17)5-6-16-11-13-20(4)14-12-16/h7-10,16H,5-6,11-14H2,1-4H3. The molecule has 116 valence electrons. The summed E-state index contributed by atoms with van der Waals surface area (Å²) in [5.74, 6) is 1.10. The first-order valence-corrected chi connectivity index (χ1v) is 8.18. The number of rotatable bonds is 4. The molecule has 1 saturated heterocycles. The normalized spacial score (nSPS) is 17.9. The summed E-state index contributed by atoms with van der Waals surface area (Å²) in [5, 5.41) is 0. The Kier molecular flexibility index (Phi) is 5.21. The summed E-state index contributed by atoms with van der Waals surface area (Å²) in [5.41, 5.74) is 1.90.